The molecule has 1 aliphatic rings. The van der Waals surface area contributed by atoms with E-state index in [4.69, 9.17) is 0 Å². The molecule has 2 rings (SSSR count). The fraction of sp³-hybridized carbons (Fsp3) is 0.688. The first kappa shape index (κ1) is 14.3. The SMILES string of the molecule is Cc1ccc(N2CCCCC2CNC(C)(C)C)nc1. The summed E-state index contributed by atoms with van der Waals surface area (Å²) in [6.45, 7) is 10.9. The molecule has 0 spiro atoms. The van der Waals surface area contributed by atoms with Crippen LogP contribution in [0.2, 0.25) is 0 Å². The highest BCUT2D eigenvalue weighted by atomic mass is 15.2. The zero-order valence-electron chi connectivity index (χ0n) is 12.7. The zero-order valence-corrected chi connectivity index (χ0v) is 12.7. The molecule has 1 unspecified atom stereocenters. The van der Waals surface area contributed by atoms with Gasteiger partial charge in [-0.05, 0) is 58.6 Å². The van der Waals surface area contributed by atoms with Crippen LogP contribution in [0.1, 0.15) is 45.6 Å². The summed E-state index contributed by atoms with van der Waals surface area (Å²) >= 11 is 0. The summed E-state index contributed by atoms with van der Waals surface area (Å²) in [5, 5.41) is 3.63. The molecule has 2 heterocycles. The van der Waals surface area contributed by atoms with Crippen LogP contribution < -0.4 is 10.2 Å². The van der Waals surface area contributed by atoms with Crippen molar-refractivity contribution in [1.29, 1.82) is 0 Å². The molecule has 1 aliphatic heterocycles. The zero-order chi connectivity index (χ0) is 13.9. The van der Waals surface area contributed by atoms with Crippen molar-refractivity contribution in [2.75, 3.05) is 18.0 Å². The van der Waals surface area contributed by atoms with Gasteiger partial charge in [0, 0.05) is 30.9 Å². The standard InChI is InChI=1S/C16H27N3/c1-13-8-9-15(17-11-13)19-10-6-5-7-14(19)12-18-16(2,3)4/h8-9,11,14,18H,5-7,10,12H2,1-4H3. The Kier molecular flexibility index (Phi) is 4.46. The molecule has 1 aromatic heterocycles. The molecule has 0 aliphatic carbocycles. The Balaban J connectivity index is 2.05. The molecule has 0 bridgehead atoms. The Morgan fingerprint density at radius 3 is 2.74 bits per heavy atom. The average Bonchev–Trinajstić information content (AvgIpc) is 2.37. The molecule has 1 saturated heterocycles. The monoisotopic (exact) mass is 261 g/mol. The van der Waals surface area contributed by atoms with Crippen molar-refractivity contribution in [2.45, 2.75) is 58.5 Å². The molecule has 0 aromatic carbocycles. The summed E-state index contributed by atoms with van der Waals surface area (Å²) in [4.78, 5) is 7.07. The largest absolute Gasteiger partial charge is 0.352 e. The number of nitrogens with one attached hydrogen (secondary N) is 1. The Morgan fingerprint density at radius 1 is 1.32 bits per heavy atom. The quantitative estimate of drug-likeness (QED) is 0.906. The molecule has 106 valence electrons. The Hall–Kier alpha value is -1.09. The number of piperidine rings is 1. The molecule has 19 heavy (non-hydrogen) atoms. The minimum Gasteiger partial charge on any atom is -0.352 e. The summed E-state index contributed by atoms with van der Waals surface area (Å²) in [6.07, 6.45) is 5.84. The summed E-state index contributed by atoms with van der Waals surface area (Å²) in [6, 6.07) is 4.89. The van der Waals surface area contributed by atoms with Gasteiger partial charge in [-0.1, -0.05) is 6.07 Å². The van der Waals surface area contributed by atoms with Crippen molar-refractivity contribution in [3.63, 3.8) is 0 Å². The maximum Gasteiger partial charge on any atom is 0.128 e. The first-order valence-electron chi connectivity index (χ1n) is 7.40. The van der Waals surface area contributed by atoms with E-state index < -0.39 is 0 Å². The van der Waals surface area contributed by atoms with E-state index in [-0.39, 0.29) is 5.54 Å². The highest BCUT2D eigenvalue weighted by Crippen LogP contribution is 2.23. The molecular weight excluding hydrogens is 234 g/mol. The van der Waals surface area contributed by atoms with Gasteiger partial charge in [0.25, 0.3) is 0 Å². The number of rotatable bonds is 3. The number of aryl methyl sites for hydroxylation is 1. The lowest BCUT2D eigenvalue weighted by molar-refractivity contribution is 0.365. The van der Waals surface area contributed by atoms with Crippen LogP contribution in [0.5, 0.6) is 0 Å². The van der Waals surface area contributed by atoms with Gasteiger partial charge in [-0.2, -0.15) is 0 Å². The van der Waals surface area contributed by atoms with E-state index in [2.05, 4.69) is 55.0 Å². The Labute approximate surface area is 117 Å². The third-order valence-corrected chi connectivity index (χ3v) is 3.69. The second kappa shape index (κ2) is 5.91. The normalized spacial score (nSPS) is 20.6. The van der Waals surface area contributed by atoms with Gasteiger partial charge in [-0.3, -0.25) is 0 Å². The van der Waals surface area contributed by atoms with Crippen LogP contribution in [0.4, 0.5) is 5.82 Å². The lowest BCUT2D eigenvalue weighted by Gasteiger charge is -2.38. The molecule has 1 N–H and O–H groups in total. The lowest BCUT2D eigenvalue weighted by atomic mass is 10.0. The maximum atomic E-state index is 4.59. The van der Waals surface area contributed by atoms with E-state index in [0.717, 1.165) is 18.9 Å². The summed E-state index contributed by atoms with van der Waals surface area (Å²) < 4.78 is 0. The first-order valence-corrected chi connectivity index (χ1v) is 7.40. The second-order valence-electron chi connectivity index (χ2n) is 6.67. The third kappa shape index (κ3) is 4.20. The summed E-state index contributed by atoms with van der Waals surface area (Å²) in [5.74, 6) is 1.13. The van der Waals surface area contributed by atoms with Crippen molar-refractivity contribution in [3.05, 3.63) is 23.9 Å². The van der Waals surface area contributed by atoms with Crippen LogP contribution in [-0.4, -0.2) is 29.7 Å². The van der Waals surface area contributed by atoms with Gasteiger partial charge in [0.05, 0.1) is 0 Å². The number of hydrogen-bond donors (Lipinski definition) is 1. The van der Waals surface area contributed by atoms with Gasteiger partial charge >= 0.3 is 0 Å². The first-order chi connectivity index (χ1) is 8.96. The summed E-state index contributed by atoms with van der Waals surface area (Å²) in [7, 11) is 0. The van der Waals surface area contributed by atoms with E-state index in [1.165, 1.54) is 24.8 Å². The third-order valence-electron chi connectivity index (χ3n) is 3.69. The molecule has 1 atom stereocenters. The van der Waals surface area contributed by atoms with E-state index in [1.54, 1.807) is 0 Å². The van der Waals surface area contributed by atoms with E-state index in [0.29, 0.717) is 6.04 Å². The minimum atomic E-state index is 0.184. The maximum absolute atomic E-state index is 4.59. The molecule has 1 fully saturated rings. The number of aromatic nitrogens is 1. The molecule has 3 nitrogen and oxygen atoms in total. The second-order valence-corrected chi connectivity index (χ2v) is 6.67. The lowest BCUT2D eigenvalue weighted by Crippen LogP contribution is -2.50. The topological polar surface area (TPSA) is 28.2 Å². The fourth-order valence-corrected chi connectivity index (χ4v) is 2.57. The van der Waals surface area contributed by atoms with Gasteiger partial charge in [0.15, 0.2) is 0 Å². The highest BCUT2D eigenvalue weighted by Gasteiger charge is 2.24. The van der Waals surface area contributed by atoms with Gasteiger partial charge in [-0.15, -0.1) is 0 Å². The van der Waals surface area contributed by atoms with Crippen LogP contribution >= 0.6 is 0 Å². The van der Waals surface area contributed by atoms with Crippen LogP contribution in [-0.2, 0) is 0 Å². The number of anilines is 1. The van der Waals surface area contributed by atoms with Gasteiger partial charge in [-0.25, -0.2) is 4.98 Å². The molecule has 0 radical (unpaired) electrons. The van der Waals surface area contributed by atoms with Crippen molar-refractivity contribution in [2.24, 2.45) is 0 Å². The molecule has 0 saturated carbocycles. The van der Waals surface area contributed by atoms with E-state index >= 15 is 0 Å². The van der Waals surface area contributed by atoms with Crippen LogP contribution in [0.25, 0.3) is 0 Å². The minimum absolute atomic E-state index is 0.184. The van der Waals surface area contributed by atoms with E-state index in [1.807, 2.05) is 6.20 Å². The Morgan fingerprint density at radius 2 is 2.11 bits per heavy atom. The predicted octanol–water partition coefficient (Wildman–Crippen LogP) is 3.14. The van der Waals surface area contributed by atoms with Crippen LogP contribution in [0.15, 0.2) is 18.3 Å². The van der Waals surface area contributed by atoms with E-state index in [9.17, 15) is 0 Å². The van der Waals surface area contributed by atoms with Gasteiger partial charge in [0.1, 0.15) is 5.82 Å². The van der Waals surface area contributed by atoms with Gasteiger partial charge in [0.2, 0.25) is 0 Å². The molecular formula is C16H27N3. The van der Waals surface area contributed by atoms with Crippen LogP contribution in [0.3, 0.4) is 0 Å². The molecule has 3 heteroatoms. The van der Waals surface area contributed by atoms with Crippen molar-refractivity contribution in [3.8, 4) is 0 Å². The average molecular weight is 261 g/mol. The fourth-order valence-electron chi connectivity index (χ4n) is 2.57. The number of pyridine rings is 1. The molecule has 1 aromatic rings. The van der Waals surface area contributed by atoms with Crippen molar-refractivity contribution < 1.29 is 0 Å². The smallest absolute Gasteiger partial charge is 0.128 e. The molecule has 0 amide bonds. The predicted molar refractivity (Wildman–Crippen MR) is 81.7 cm³/mol. The number of hydrogen-bond acceptors (Lipinski definition) is 3. The van der Waals surface area contributed by atoms with Crippen molar-refractivity contribution >= 4 is 5.82 Å². The summed E-state index contributed by atoms with van der Waals surface area (Å²) in [5.41, 5.74) is 1.41. The Bertz CT molecular complexity index is 391. The number of nitrogens with zero attached hydrogens (tertiary/aromatic N) is 2. The highest BCUT2D eigenvalue weighted by molar-refractivity contribution is 5.41. The van der Waals surface area contributed by atoms with Crippen LogP contribution in [0, 0.1) is 6.92 Å². The van der Waals surface area contributed by atoms with Crippen molar-refractivity contribution in [1.82, 2.24) is 10.3 Å². The van der Waals surface area contributed by atoms with Gasteiger partial charge < -0.3 is 10.2 Å².